The van der Waals surface area contributed by atoms with E-state index in [1.54, 1.807) is 0 Å². The van der Waals surface area contributed by atoms with Crippen molar-refractivity contribution in [1.29, 1.82) is 0 Å². The zero-order chi connectivity index (χ0) is 30.0. The lowest BCUT2D eigenvalue weighted by atomic mass is 9.90. The predicted octanol–water partition coefficient (Wildman–Crippen LogP) is 9.84. The number of ether oxygens (including phenoxy) is 3. The molecule has 1 fully saturated rings. The van der Waals surface area contributed by atoms with Crippen molar-refractivity contribution in [1.82, 2.24) is 0 Å². The van der Waals surface area contributed by atoms with E-state index >= 15 is 0 Å². The second-order valence-electron chi connectivity index (χ2n) is 11.6. The molecule has 0 spiro atoms. The molecule has 6 rings (SSSR count). The normalized spacial score (nSPS) is 13.6. The standard InChI is InChI=1S/C39H40N2O3/c1-39(30-43-31-39)29-42-26-11-12-27-44-38-21-13-20-37(28-38)41(34-18-9-4-10-19-34)36-24-22-35(23-25-36)40(32-14-5-2-6-15-32)33-16-7-3-8-17-33/h2-10,13-25,28H,11-12,26-27,29-31H2,1H3. The number of unbranched alkanes of at least 4 members (excludes halogenated alkanes) is 1. The lowest BCUT2D eigenvalue weighted by molar-refractivity contribution is -0.138. The van der Waals surface area contributed by atoms with Crippen LogP contribution < -0.4 is 14.5 Å². The Morgan fingerprint density at radius 3 is 1.50 bits per heavy atom. The van der Waals surface area contributed by atoms with Gasteiger partial charge in [0, 0.05) is 52.2 Å². The van der Waals surface area contributed by atoms with Crippen molar-refractivity contribution in [2.75, 3.05) is 42.8 Å². The molecule has 224 valence electrons. The van der Waals surface area contributed by atoms with Crippen LogP contribution in [0.2, 0.25) is 0 Å². The van der Waals surface area contributed by atoms with Gasteiger partial charge in [-0.05, 0) is 85.6 Å². The topological polar surface area (TPSA) is 34.2 Å². The van der Waals surface area contributed by atoms with Crippen LogP contribution in [-0.4, -0.2) is 33.0 Å². The molecule has 1 saturated heterocycles. The Morgan fingerprint density at radius 2 is 1.00 bits per heavy atom. The number of para-hydroxylation sites is 3. The average Bonchev–Trinajstić information content (AvgIpc) is 3.06. The van der Waals surface area contributed by atoms with Crippen molar-refractivity contribution in [3.63, 3.8) is 0 Å². The molecule has 0 unspecified atom stereocenters. The maximum atomic E-state index is 6.19. The molecule has 0 aliphatic carbocycles. The van der Waals surface area contributed by atoms with Gasteiger partial charge >= 0.3 is 0 Å². The molecule has 1 heterocycles. The first kappa shape index (κ1) is 29.5. The van der Waals surface area contributed by atoms with Crippen molar-refractivity contribution >= 4 is 34.1 Å². The fourth-order valence-corrected chi connectivity index (χ4v) is 5.44. The first-order chi connectivity index (χ1) is 21.7. The molecule has 0 N–H and O–H groups in total. The van der Waals surface area contributed by atoms with Gasteiger partial charge in [0.15, 0.2) is 0 Å². The summed E-state index contributed by atoms with van der Waals surface area (Å²) in [4.78, 5) is 4.54. The Hall–Kier alpha value is -4.58. The largest absolute Gasteiger partial charge is 0.494 e. The fourth-order valence-electron chi connectivity index (χ4n) is 5.44. The van der Waals surface area contributed by atoms with Crippen molar-refractivity contribution in [2.24, 2.45) is 5.41 Å². The van der Waals surface area contributed by atoms with E-state index in [-0.39, 0.29) is 5.41 Å². The minimum absolute atomic E-state index is 0.199. The summed E-state index contributed by atoms with van der Waals surface area (Å²) in [5.41, 5.74) is 6.73. The minimum atomic E-state index is 0.199. The van der Waals surface area contributed by atoms with Crippen molar-refractivity contribution in [3.8, 4) is 5.75 Å². The Morgan fingerprint density at radius 1 is 0.545 bits per heavy atom. The molecule has 5 heteroatoms. The fraction of sp³-hybridized carbons (Fsp3) is 0.231. The molecular weight excluding hydrogens is 544 g/mol. The van der Waals surface area contributed by atoms with Crippen LogP contribution in [0.1, 0.15) is 19.8 Å². The van der Waals surface area contributed by atoms with Gasteiger partial charge in [0.1, 0.15) is 5.75 Å². The van der Waals surface area contributed by atoms with E-state index in [1.165, 1.54) is 0 Å². The summed E-state index contributed by atoms with van der Waals surface area (Å²) in [7, 11) is 0. The van der Waals surface area contributed by atoms with E-state index in [4.69, 9.17) is 14.2 Å². The molecule has 5 aromatic carbocycles. The SMILES string of the molecule is CC1(COCCCCOc2cccc(N(c3ccccc3)c3ccc(N(c4ccccc4)c4ccccc4)cc3)c2)COC1. The first-order valence-electron chi connectivity index (χ1n) is 15.4. The molecule has 0 atom stereocenters. The Balaban J connectivity index is 1.18. The van der Waals surface area contributed by atoms with Crippen molar-refractivity contribution in [3.05, 3.63) is 140 Å². The summed E-state index contributed by atoms with van der Waals surface area (Å²) in [6.07, 6.45) is 1.92. The summed E-state index contributed by atoms with van der Waals surface area (Å²) < 4.78 is 17.4. The van der Waals surface area contributed by atoms with Crippen LogP contribution in [0.15, 0.2) is 140 Å². The lowest BCUT2D eigenvalue weighted by Crippen LogP contribution is -2.43. The Labute approximate surface area is 261 Å². The van der Waals surface area contributed by atoms with Gasteiger partial charge < -0.3 is 24.0 Å². The van der Waals surface area contributed by atoms with Crippen LogP contribution in [0, 0.1) is 5.41 Å². The number of benzene rings is 5. The summed E-state index contributed by atoms with van der Waals surface area (Å²) in [5, 5.41) is 0. The zero-order valence-corrected chi connectivity index (χ0v) is 25.3. The maximum absolute atomic E-state index is 6.19. The number of hydrogen-bond acceptors (Lipinski definition) is 5. The number of anilines is 6. The van der Waals surface area contributed by atoms with Crippen molar-refractivity contribution in [2.45, 2.75) is 19.8 Å². The highest BCUT2D eigenvalue weighted by Gasteiger charge is 2.33. The molecule has 0 saturated carbocycles. The maximum Gasteiger partial charge on any atom is 0.121 e. The van der Waals surface area contributed by atoms with E-state index < -0.39 is 0 Å². The second kappa shape index (κ2) is 14.3. The molecule has 5 nitrogen and oxygen atoms in total. The number of rotatable bonds is 14. The molecule has 0 aromatic heterocycles. The number of hydrogen-bond donors (Lipinski definition) is 0. The molecule has 0 amide bonds. The van der Waals surface area contributed by atoms with Crippen LogP contribution in [0.3, 0.4) is 0 Å². The molecular formula is C39H40N2O3. The summed E-state index contributed by atoms with van der Waals surface area (Å²) in [6.45, 7) is 5.99. The van der Waals surface area contributed by atoms with Gasteiger partial charge in [-0.1, -0.05) is 67.6 Å². The van der Waals surface area contributed by atoms with E-state index in [0.717, 1.165) is 79.1 Å². The van der Waals surface area contributed by atoms with E-state index in [2.05, 4.69) is 132 Å². The van der Waals surface area contributed by atoms with Gasteiger partial charge in [0.25, 0.3) is 0 Å². The highest BCUT2D eigenvalue weighted by Crippen LogP contribution is 2.39. The Bertz CT molecular complexity index is 1530. The second-order valence-corrected chi connectivity index (χ2v) is 11.6. The third-order valence-electron chi connectivity index (χ3n) is 7.79. The van der Waals surface area contributed by atoms with Crippen LogP contribution in [-0.2, 0) is 9.47 Å². The first-order valence-corrected chi connectivity index (χ1v) is 15.4. The van der Waals surface area contributed by atoms with Gasteiger partial charge in [0.2, 0.25) is 0 Å². The molecule has 0 bridgehead atoms. The highest BCUT2D eigenvalue weighted by molar-refractivity contribution is 5.81. The van der Waals surface area contributed by atoms with E-state index in [9.17, 15) is 0 Å². The van der Waals surface area contributed by atoms with Crippen LogP contribution in [0.4, 0.5) is 34.1 Å². The highest BCUT2D eigenvalue weighted by atomic mass is 16.5. The van der Waals surface area contributed by atoms with Gasteiger partial charge in [-0.3, -0.25) is 0 Å². The molecule has 1 aliphatic rings. The Kier molecular flexibility index (Phi) is 9.56. The molecule has 44 heavy (non-hydrogen) atoms. The number of nitrogens with zero attached hydrogens (tertiary/aromatic N) is 2. The summed E-state index contributed by atoms with van der Waals surface area (Å²) in [5.74, 6) is 0.861. The molecule has 1 aliphatic heterocycles. The van der Waals surface area contributed by atoms with Gasteiger partial charge in [-0.15, -0.1) is 0 Å². The predicted molar refractivity (Wildman–Crippen MR) is 180 cm³/mol. The third-order valence-corrected chi connectivity index (χ3v) is 7.79. The molecule has 5 aromatic rings. The van der Waals surface area contributed by atoms with Gasteiger partial charge in [-0.25, -0.2) is 0 Å². The van der Waals surface area contributed by atoms with Crippen LogP contribution in [0.25, 0.3) is 0 Å². The van der Waals surface area contributed by atoms with Crippen LogP contribution >= 0.6 is 0 Å². The quantitative estimate of drug-likeness (QED) is 0.121. The van der Waals surface area contributed by atoms with E-state index in [0.29, 0.717) is 6.61 Å². The smallest absolute Gasteiger partial charge is 0.121 e. The summed E-state index contributed by atoms with van der Waals surface area (Å²) >= 11 is 0. The van der Waals surface area contributed by atoms with E-state index in [1.807, 2.05) is 24.3 Å². The lowest BCUT2D eigenvalue weighted by Gasteiger charge is -2.37. The van der Waals surface area contributed by atoms with Gasteiger partial charge in [-0.2, -0.15) is 0 Å². The third kappa shape index (κ3) is 7.31. The average molecular weight is 585 g/mol. The molecule has 0 radical (unpaired) electrons. The monoisotopic (exact) mass is 584 g/mol. The van der Waals surface area contributed by atoms with Crippen LogP contribution in [0.5, 0.6) is 5.75 Å². The summed E-state index contributed by atoms with van der Waals surface area (Å²) in [6, 6.07) is 48.5. The van der Waals surface area contributed by atoms with Crippen molar-refractivity contribution < 1.29 is 14.2 Å². The zero-order valence-electron chi connectivity index (χ0n) is 25.3. The van der Waals surface area contributed by atoms with Gasteiger partial charge in [0.05, 0.1) is 26.4 Å². The minimum Gasteiger partial charge on any atom is -0.494 e.